The molecule has 1 heterocycles. The summed E-state index contributed by atoms with van der Waals surface area (Å²) in [6, 6.07) is 0. The predicted molar refractivity (Wildman–Crippen MR) is 47.4 cm³/mol. The van der Waals surface area contributed by atoms with Crippen LogP contribution in [0.5, 0.6) is 0 Å². The third-order valence-electron chi connectivity index (χ3n) is 1.50. The fraction of sp³-hybridized carbons (Fsp3) is 0.714. The van der Waals surface area contributed by atoms with E-state index in [4.69, 9.17) is 0 Å². The quantitative estimate of drug-likeness (QED) is 0.665. The first-order chi connectivity index (χ1) is 4.93. The Morgan fingerprint density at radius 3 is 2.09 bits per heavy atom. The number of hydrogen-bond donors (Lipinski definition) is 0. The van der Waals surface area contributed by atoms with Gasteiger partial charge in [0.15, 0.2) is 4.60 Å². The molecule has 11 heavy (non-hydrogen) atoms. The molecule has 0 aromatic carbocycles. The molecule has 1 rings (SSSR count). The van der Waals surface area contributed by atoms with Crippen molar-refractivity contribution in [3.63, 3.8) is 0 Å². The van der Waals surface area contributed by atoms with Gasteiger partial charge in [0, 0.05) is 12.5 Å². The van der Waals surface area contributed by atoms with Crippen molar-refractivity contribution in [2.45, 2.75) is 26.2 Å². The second-order valence-electron chi connectivity index (χ2n) is 3.60. The van der Waals surface area contributed by atoms with Crippen LogP contribution in [0.25, 0.3) is 0 Å². The van der Waals surface area contributed by atoms with Crippen LogP contribution in [0.4, 0.5) is 0 Å². The minimum absolute atomic E-state index is 0.0943. The molecule has 3 nitrogen and oxygen atoms in total. The number of aromatic nitrogens is 3. The highest BCUT2D eigenvalue weighted by molar-refractivity contribution is 9.10. The standard InChI is InChI=1S/C7H12BrN3/c1-7(2,3)5-6(8)9-10-11(5)4/h1-4H3. The fourth-order valence-corrected chi connectivity index (χ4v) is 2.05. The van der Waals surface area contributed by atoms with E-state index in [9.17, 15) is 0 Å². The Morgan fingerprint density at radius 2 is 1.91 bits per heavy atom. The maximum Gasteiger partial charge on any atom is 0.152 e. The molecule has 62 valence electrons. The molecule has 4 heteroatoms. The normalized spacial score (nSPS) is 12.1. The predicted octanol–water partition coefficient (Wildman–Crippen LogP) is 1.88. The van der Waals surface area contributed by atoms with Crippen LogP contribution in [0.3, 0.4) is 0 Å². The lowest BCUT2D eigenvalue weighted by Gasteiger charge is -2.17. The summed E-state index contributed by atoms with van der Waals surface area (Å²) in [7, 11) is 1.90. The molecule has 1 aromatic heterocycles. The van der Waals surface area contributed by atoms with E-state index in [1.807, 2.05) is 7.05 Å². The van der Waals surface area contributed by atoms with Crippen LogP contribution in [0.1, 0.15) is 26.5 Å². The molecule has 0 bridgehead atoms. The molecule has 0 saturated carbocycles. The molecule has 1 aromatic rings. The van der Waals surface area contributed by atoms with E-state index in [0.717, 1.165) is 10.3 Å². The average molecular weight is 218 g/mol. The Labute approximate surface area is 74.9 Å². The molecular weight excluding hydrogens is 206 g/mol. The Bertz CT molecular complexity index is 240. The molecule has 0 radical (unpaired) electrons. The lowest BCUT2D eigenvalue weighted by molar-refractivity contribution is 0.518. The molecule has 0 aliphatic heterocycles. The Hall–Kier alpha value is -0.380. The molecule has 0 atom stereocenters. The lowest BCUT2D eigenvalue weighted by atomic mass is 9.93. The fourth-order valence-electron chi connectivity index (χ4n) is 1.13. The topological polar surface area (TPSA) is 30.7 Å². The van der Waals surface area contributed by atoms with Crippen molar-refractivity contribution in [2.24, 2.45) is 7.05 Å². The van der Waals surface area contributed by atoms with Gasteiger partial charge in [0.05, 0.1) is 5.69 Å². The molecule has 0 fully saturated rings. The van der Waals surface area contributed by atoms with E-state index < -0.39 is 0 Å². The number of rotatable bonds is 0. The zero-order chi connectivity index (χ0) is 8.65. The highest BCUT2D eigenvalue weighted by Gasteiger charge is 2.22. The van der Waals surface area contributed by atoms with Crippen LogP contribution in [0, 0.1) is 0 Å². The SMILES string of the molecule is Cn1nnc(Br)c1C(C)(C)C. The van der Waals surface area contributed by atoms with Crippen LogP contribution in [-0.4, -0.2) is 15.0 Å². The summed E-state index contributed by atoms with van der Waals surface area (Å²) in [5, 5.41) is 7.81. The van der Waals surface area contributed by atoms with Crippen LogP contribution in [0.15, 0.2) is 4.60 Å². The Kier molecular flexibility index (Phi) is 2.05. The number of halogens is 1. The van der Waals surface area contributed by atoms with E-state index >= 15 is 0 Å². The molecule has 0 spiro atoms. The van der Waals surface area contributed by atoms with E-state index in [-0.39, 0.29) is 5.41 Å². The number of hydrogen-bond acceptors (Lipinski definition) is 2. The molecular formula is C7H12BrN3. The van der Waals surface area contributed by atoms with E-state index in [0.29, 0.717) is 0 Å². The average Bonchev–Trinajstić information content (AvgIpc) is 2.08. The van der Waals surface area contributed by atoms with Crippen LogP contribution in [0.2, 0.25) is 0 Å². The van der Waals surface area contributed by atoms with Crippen molar-refractivity contribution in [1.82, 2.24) is 15.0 Å². The lowest BCUT2D eigenvalue weighted by Crippen LogP contribution is -2.16. The van der Waals surface area contributed by atoms with Crippen molar-refractivity contribution in [2.75, 3.05) is 0 Å². The summed E-state index contributed by atoms with van der Waals surface area (Å²) < 4.78 is 2.64. The van der Waals surface area contributed by atoms with E-state index in [1.165, 1.54) is 0 Å². The minimum Gasteiger partial charge on any atom is -0.251 e. The van der Waals surface area contributed by atoms with Crippen molar-refractivity contribution < 1.29 is 0 Å². The molecule has 0 saturated heterocycles. The molecule has 0 aliphatic rings. The van der Waals surface area contributed by atoms with Crippen molar-refractivity contribution in [3.05, 3.63) is 10.3 Å². The van der Waals surface area contributed by atoms with Crippen molar-refractivity contribution in [1.29, 1.82) is 0 Å². The number of aryl methyl sites for hydroxylation is 1. The second-order valence-corrected chi connectivity index (χ2v) is 4.35. The third kappa shape index (κ3) is 1.61. The first kappa shape index (κ1) is 8.71. The van der Waals surface area contributed by atoms with Gasteiger partial charge in [-0.3, -0.25) is 4.68 Å². The second kappa shape index (κ2) is 2.59. The van der Waals surface area contributed by atoms with E-state index in [2.05, 4.69) is 47.0 Å². The molecule has 0 amide bonds. The van der Waals surface area contributed by atoms with Crippen molar-refractivity contribution >= 4 is 15.9 Å². The highest BCUT2D eigenvalue weighted by atomic mass is 79.9. The number of nitrogens with zero attached hydrogens (tertiary/aromatic N) is 3. The van der Waals surface area contributed by atoms with Gasteiger partial charge < -0.3 is 0 Å². The van der Waals surface area contributed by atoms with Crippen LogP contribution in [-0.2, 0) is 12.5 Å². The van der Waals surface area contributed by atoms with Gasteiger partial charge in [0.2, 0.25) is 0 Å². The van der Waals surface area contributed by atoms with Gasteiger partial charge in [-0.25, -0.2) is 0 Å². The van der Waals surface area contributed by atoms with Gasteiger partial charge in [-0.15, -0.1) is 5.10 Å². The van der Waals surface area contributed by atoms with Gasteiger partial charge in [-0.1, -0.05) is 26.0 Å². The van der Waals surface area contributed by atoms with Crippen LogP contribution >= 0.6 is 15.9 Å². The minimum atomic E-state index is 0.0943. The Balaban J connectivity index is 3.21. The molecule has 0 N–H and O–H groups in total. The van der Waals surface area contributed by atoms with Gasteiger partial charge in [-0.05, 0) is 15.9 Å². The largest absolute Gasteiger partial charge is 0.251 e. The summed E-state index contributed by atoms with van der Waals surface area (Å²) in [5.74, 6) is 0. The van der Waals surface area contributed by atoms with E-state index in [1.54, 1.807) is 4.68 Å². The zero-order valence-corrected chi connectivity index (χ0v) is 8.81. The summed E-state index contributed by atoms with van der Waals surface area (Å²) in [6.45, 7) is 6.41. The van der Waals surface area contributed by atoms with Crippen LogP contribution < -0.4 is 0 Å². The summed E-state index contributed by atoms with van der Waals surface area (Å²) in [4.78, 5) is 0. The van der Waals surface area contributed by atoms with Crippen molar-refractivity contribution in [3.8, 4) is 0 Å². The zero-order valence-electron chi connectivity index (χ0n) is 7.22. The van der Waals surface area contributed by atoms with Gasteiger partial charge >= 0.3 is 0 Å². The first-order valence-corrected chi connectivity index (χ1v) is 4.28. The monoisotopic (exact) mass is 217 g/mol. The summed E-state index contributed by atoms with van der Waals surface area (Å²) in [6.07, 6.45) is 0. The third-order valence-corrected chi connectivity index (χ3v) is 2.03. The molecule has 0 aliphatic carbocycles. The Morgan fingerprint density at radius 1 is 1.36 bits per heavy atom. The molecule has 0 unspecified atom stereocenters. The summed E-state index contributed by atoms with van der Waals surface area (Å²) in [5.41, 5.74) is 1.22. The first-order valence-electron chi connectivity index (χ1n) is 3.48. The summed E-state index contributed by atoms with van der Waals surface area (Å²) >= 11 is 3.36. The van der Waals surface area contributed by atoms with Gasteiger partial charge in [0.25, 0.3) is 0 Å². The maximum absolute atomic E-state index is 3.91. The van der Waals surface area contributed by atoms with Gasteiger partial charge in [-0.2, -0.15) is 0 Å². The van der Waals surface area contributed by atoms with Gasteiger partial charge in [0.1, 0.15) is 0 Å². The smallest absolute Gasteiger partial charge is 0.152 e. The maximum atomic E-state index is 3.91. The highest BCUT2D eigenvalue weighted by Crippen LogP contribution is 2.26.